The molecule has 1 aliphatic heterocycles. The summed E-state index contributed by atoms with van der Waals surface area (Å²) in [5.41, 5.74) is 0.859. The minimum atomic E-state index is -4.28. The highest BCUT2D eigenvalue weighted by atomic mass is 32.2. The van der Waals surface area contributed by atoms with Crippen molar-refractivity contribution in [2.24, 2.45) is 0 Å². The number of sulfonamides is 1. The molecular weight excluding hydrogens is 416 g/mol. The van der Waals surface area contributed by atoms with Gasteiger partial charge in [0.2, 0.25) is 5.91 Å². The van der Waals surface area contributed by atoms with Crippen molar-refractivity contribution in [1.82, 2.24) is 4.90 Å². The summed E-state index contributed by atoms with van der Waals surface area (Å²) >= 11 is 0. The molecule has 0 saturated heterocycles. The Bertz CT molecular complexity index is 1260. The van der Waals surface area contributed by atoms with E-state index in [1.54, 1.807) is 49.5 Å². The fraction of sp³-hybridized carbons (Fsp3) is 0.130. The molecule has 7 nitrogen and oxygen atoms in total. The maximum atomic E-state index is 13.8. The lowest BCUT2D eigenvalue weighted by Crippen LogP contribution is -2.47. The van der Waals surface area contributed by atoms with E-state index in [0.29, 0.717) is 15.4 Å². The molecule has 0 aromatic heterocycles. The van der Waals surface area contributed by atoms with Gasteiger partial charge in [0.1, 0.15) is 5.75 Å². The van der Waals surface area contributed by atoms with Crippen LogP contribution in [0.5, 0.6) is 5.75 Å². The molecule has 0 radical (unpaired) electrons. The Labute approximate surface area is 180 Å². The van der Waals surface area contributed by atoms with Crippen molar-refractivity contribution in [1.29, 1.82) is 0 Å². The number of phenols is 1. The Morgan fingerprint density at radius 2 is 1.68 bits per heavy atom. The SMILES string of the molecule is CN1CC(C(=O)N(c2cccc(O)c2)S(=O)(=O)c2ccccc2)c2ccccc2C1=O. The molecule has 1 heterocycles. The van der Waals surface area contributed by atoms with Crippen LogP contribution >= 0.6 is 0 Å². The number of benzene rings is 3. The smallest absolute Gasteiger partial charge is 0.270 e. The number of fused-ring (bicyclic) bond motifs is 1. The van der Waals surface area contributed by atoms with Crippen LogP contribution in [-0.4, -0.2) is 43.8 Å². The lowest BCUT2D eigenvalue weighted by atomic mass is 9.89. The molecule has 0 aliphatic carbocycles. The van der Waals surface area contributed by atoms with Gasteiger partial charge in [0.05, 0.1) is 16.5 Å². The number of amides is 2. The first-order valence-corrected chi connectivity index (χ1v) is 11.0. The Kier molecular flexibility index (Phi) is 5.24. The molecule has 1 atom stereocenters. The third kappa shape index (κ3) is 3.66. The van der Waals surface area contributed by atoms with E-state index in [9.17, 15) is 23.1 Å². The molecule has 3 aromatic rings. The zero-order valence-electron chi connectivity index (χ0n) is 16.7. The molecule has 158 valence electrons. The van der Waals surface area contributed by atoms with Crippen molar-refractivity contribution in [3.05, 3.63) is 90.0 Å². The van der Waals surface area contributed by atoms with Gasteiger partial charge in [0, 0.05) is 25.2 Å². The first kappa shape index (κ1) is 20.6. The summed E-state index contributed by atoms with van der Waals surface area (Å²) in [6.45, 7) is 0.0360. The van der Waals surface area contributed by atoms with Crippen molar-refractivity contribution in [2.75, 3.05) is 17.9 Å². The maximum Gasteiger partial charge on any atom is 0.270 e. The molecule has 2 amide bonds. The summed E-state index contributed by atoms with van der Waals surface area (Å²) in [5.74, 6) is -2.00. The Hall–Kier alpha value is -3.65. The van der Waals surface area contributed by atoms with Crippen LogP contribution in [-0.2, 0) is 14.8 Å². The summed E-state index contributed by atoms with van der Waals surface area (Å²) in [7, 11) is -2.71. The number of carbonyl (C=O) groups excluding carboxylic acids is 2. The van der Waals surface area contributed by atoms with Crippen LogP contribution < -0.4 is 4.31 Å². The minimum absolute atomic E-state index is 0.0193. The predicted molar refractivity (Wildman–Crippen MR) is 115 cm³/mol. The number of anilines is 1. The highest BCUT2D eigenvalue weighted by molar-refractivity contribution is 7.93. The third-order valence-corrected chi connectivity index (χ3v) is 6.95. The summed E-state index contributed by atoms with van der Waals surface area (Å²) in [6.07, 6.45) is 0. The molecule has 31 heavy (non-hydrogen) atoms. The summed E-state index contributed by atoms with van der Waals surface area (Å²) in [4.78, 5) is 27.7. The van der Waals surface area contributed by atoms with Crippen molar-refractivity contribution < 1.29 is 23.1 Å². The number of aromatic hydroxyl groups is 1. The molecule has 1 aliphatic rings. The molecule has 0 fully saturated rings. The van der Waals surface area contributed by atoms with E-state index >= 15 is 0 Å². The number of likely N-dealkylation sites (N-methyl/N-ethyl adjacent to an activating group) is 1. The number of nitrogens with zero attached hydrogens (tertiary/aromatic N) is 2. The normalized spacial score (nSPS) is 16.0. The predicted octanol–water partition coefficient (Wildman–Crippen LogP) is 2.98. The van der Waals surface area contributed by atoms with E-state index in [2.05, 4.69) is 0 Å². The molecule has 0 spiro atoms. The minimum Gasteiger partial charge on any atom is -0.508 e. The number of hydrogen-bond donors (Lipinski definition) is 1. The molecule has 1 unspecified atom stereocenters. The van der Waals surface area contributed by atoms with Crippen molar-refractivity contribution in [2.45, 2.75) is 10.8 Å². The second-order valence-corrected chi connectivity index (χ2v) is 9.05. The van der Waals surface area contributed by atoms with E-state index < -0.39 is 21.8 Å². The lowest BCUT2D eigenvalue weighted by molar-refractivity contribution is -0.119. The number of carbonyl (C=O) groups is 2. The first-order valence-electron chi connectivity index (χ1n) is 9.58. The van der Waals surface area contributed by atoms with Crippen LogP contribution in [0, 0.1) is 0 Å². The molecular formula is C23H20N2O5S. The first-order chi connectivity index (χ1) is 14.8. The average Bonchev–Trinajstić information content (AvgIpc) is 2.77. The third-order valence-electron chi connectivity index (χ3n) is 5.21. The molecule has 1 N–H and O–H groups in total. The van der Waals surface area contributed by atoms with E-state index in [0.717, 1.165) is 0 Å². The molecule has 8 heteroatoms. The number of rotatable bonds is 4. The van der Waals surface area contributed by atoms with Gasteiger partial charge in [-0.15, -0.1) is 0 Å². The van der Waals surface area contributed by atoms with E-state index in [1.165, 1.54) is 41.3 Å². The topological polar surface area (TPSA) is 95.0 Å². The summed E-state index contributed by atoms with van der Waals surface area (Å²) < 4.78 is 27.8. The van der Waals surface area contributed by atoms with Crippen LogP contribution in [0.15, 0.2) is 83.8 Å². The van der Waals surface area contributed by atoms with E-state index in [4.69, 9.17) is 0 Å². The summed E-state index contributed by atoms with van der Waals surface area (Å²) in [6, 6.07) is 19.9. The lowest BCUT2D eigenvalue weighted by Gasteiger charge is -2.34. The Morgan fingerprint density at radius 1 is 1.00 bits per heavy atom. The van der Waals surface area contributed by atoms with Gasteiger partial charge in [-0.25, -0.2) is 12.7 Å². The van der Waals surface area contributed by atoms with E-state index in [1.807, 2.05) is 0 Å². The average molecular weight is 436 g/mol. The fourth-order valence-corrected chi connectivity index (χ4v) is 5.18. The highest BCUT2D eigenvalue weighted by Crippen LogP contribution is 2.34. The van der Waals surface area contributed by atoms with Gasteiger partial charge in [0.15, 0.2) is 0 Å². The molecule has 0 bridgehead atoms. The maximum absolute atomic E-state index is 13.8. The highest BCUT2D eigenvalue weighted by Gasteiger charge is 2.40. The van der Waals surface area contributed by atoms with Crippen LogP contribution in [0.3, 0.4) is 0 Å². The second-order valence-electron chi connectivity index (χ2n) is 7.27. The van der Waals surface area contributed by atoms with Gasteiger partial charge in [-0.1, -0.05) is 42.5 Å². The Morgan fingerprint density at radius 3 is 2.39 bits per heavy atom. The monoisotopic (exact) mass is 436 g/mol. The van der Waals surface area contributed by atoms with Crippen LogP contribution in [0.4, 0.5) is 5.69 Å². The van der Waals surface area contributed by atoms with Crippen molar-refractivity contribution >= 4 is 27.5 Å². The van der Waals surface area contributed by atoms with Crippen LogP contribution in [0.25, 0.3) is 0 Å². The van der Waals surface area contributed by atoms with Gasteiger partial charge in [-0.3, -0.25) is 9.59 Å². The zero-order valence-corrected chi connectivity index (χ0v) is 17.5. The fourth-order valence-electron chi connectivity index (χ4n) is 3.71. The summed E-state index contributed by atoms with van der Waals surface area (Å²) in [5, 5.41) is 9.94. The van der Waals surface area contributed by atoms with Gasteiger partial charge in [-0.2, -0.15) is 0 Å². The van der Waals surface area contributed by atoms with Gasteiger partial charge >= 0.3 is 0 Å². The van der Waals surface area contributed by atoms with Gasteiger partial charge in [0.25, 0.3) is 15.9 Å². The number of phenolic OH excluding ortho intramolecular Hbond substituents is 1. The Balaban J connectivity index is 1.88. The van der Waals surface area contributed by atoms with Crippen molar-refractivity contribution in [3.8, 4) is 5.75 Å². The second kappa shape index (κ2) is 7.88. The number of hydrogen-bond acceptors (Lipinski definition) is 5. The standard InChI is InChI=1S/C23H20N2O5S/c1-24-15-21(19-12-5-6-13-20(19)22(24)27)23(28)25(16-8-7-9-17(26)14-16)31(29,30)18-10-3-2-4-11-18/h2-14,21,26H,15H2,1H3. The van der Waals surface area contributed by atoms with Crippen LogP contribution in [0.1, 0.15) is 21.8 Å². The van der Waals surface area contributed by atoms with Gasteiger partial charge in [-0.05, 0) is 35.9 Å². The quantitative estimate of drug-likeness (QED) is 0.679. The van der Waals surface area contributed by atoms with Crippen LogP contribution in [0.2, 0.25) is 0 Å². The molecule has 0 saturated carbocycles. The van der Waals surface area contributed by atoms with Crippen molar-refractivity contribution in [3.63, 3.8) is 0 Å². The largest absolute Gasteiger partial charge is 0.508 e. The molecule has 4 rings (SSSR count). The van der Waals surface area contributed by atoms with E-state index in [-0.39, 0.29) is 28.8 Å². The van der Waals surface area contributed by atoms with Gasteiger partial charge < -0.3 is 10.0 Å². The molecule has 3 aromatic carbocycles. The zero-order chi connectivity index (χ0) is 22.2.